The van der Waals surface area contributed by atoms with E-state index in [1.54, 1.807) is 16.7 Å². The highest BCUT2D eigenvalue weighted by atomic mass is 19.4. The van der Waals surface area contributed by atoms with Crippen LogP contribution in [0.15, 0.2) is 48.5 Å². The van der Waals surface area contributed by atoms with E-state index in [1.807, 2.05) is 0 Å². The van der Waals surface area contributed by atoms with Crippen molar-refractivity contribution in [1.82, 2.24) is 4.57 Å². The number of hydrogen-bond donors (Lipinski definition) is 1. The zero-order chi connectivity index (χ0) is 18.9. The van der Waals surface area contributed by atoms with Crippen molar-refractivity contribution in [3.05, 3.63) is 70.9 Å². The number of rotatable bonds is 5. The SMILES string of the molecule is O=C(O)c1ccc2c(c1)cc(Cc1ccc(C(F)(F)F)cc1)n2CCF. The lowest BCUT2D eigenvalue weighted by atomic mass is 10.1. The molecule has 1 heterocycles. The first-order valence-corrected chi connectivity index (χ1v) is 7.87. The molecule has 26 heavy (non-hydrogen) atoms. The Labute approximate surface area is 146 Å². The molecule has 1 aromatic heterocycles. The number of aromatic carboxylic acids is 1. The van der Waals surface area contributed by atoms with Crippen molar-refractivity contribution in [3.8, 4) is 0 Å². The van der Waals surface area contributed by atoms with Gasteiger partial charge >= 0.3 is 12.1 Å². The van der Waals surface area contributed by atoms with Crippen LogP contribution in [-0.4, -0.2) is 22.3 Å². The fourth-order valence-electron chi connectivity index (χ4n) is 2.98. The molecule has 2 aromatic carbocycles. The molecule has 0 aliphatic carbocycles. The summed E-state index contributed by atoms with van der Waals surface area (Å²) < 4.78 is 52.7. The molecule has 3 aromatic rings. The van der Waals surface area contributed by atoms with Crippen LogP contribution in [0.4, 0.5) is 17.6 Å². The summed E-state index contributed by atoms with van der Waals surface area (Å²) in [5, 5.41) is 9.74. The topological polar surface area (TPSA) is 42.2 Å². The lowest BCUT2D eigenvalue weighted by Gasteiger charge is -2.10. The van der Waals surface area contributed by atoms with E-state index in [0.29, 0.717) is 28.6 Å². The molecule has 136 valence electrons. The van der Waals surface area contributed by atoms with Gasteiger partial charge in [-0.25, -0.2) is 9.18 Å². The number of carbonyl (C=O) groups is 1. The third kappa shape index (κ3) is 3.56. The lowest BCUT2D eigenvalue weighted by Crippen LogP contribution is -2.06. The number of halogens is 4. The van der Waals surface area contributed by atoms with E-state index < -0.39 is 24.4 Å². The minimum Gasteiger partial charge on any atom is -0.478 e. The van der Waals surface area contributed by atoms with Gasteiger partial charge in [0, 0.05) is 23.0 Å². The standard InChI is InChI=1S/C19H15F4NO2/c20-7-8-24-16(9-12-1-4-15(5-2-12)19(21,22)23)11-14-10-13(18(25)26)3-6-17(14)24/h1-6,10-11H,7-9H2,(H,25,26). The van der Waals surface area contributed by atoms with Crippen LogP contribution in [0.1, 0.15) is 27.2 Å². The van der Waals surface area contributed by atoms with E-state index in [2.05, 4.69) is 0 Å². The second-order valence-electron chi connectivity index (χ2n) is 5.93. The highest BCUT2D eigenvalue weighted by molar-refractivity contribution is 5.94. The molecular formula is C19H15F4NO2. The Morgan fingerprint density at radius 2 is 1.73 bits per heavy atom. The lowest BCUT2D eigenvalue weighted by molar-refractivity contribution is -0.137. The molecule has 0 unspecified atom stereocenters. The van der Waals surface area contributed by atoms with Gasteiger partial charge in [-0.2, -0.15) is 13.2 Å². The molecule has 7 heteroatoms. The summed E-state index contributed by atoms with van der Waals surface area (Å²) in [6.07, 6.45) is -4.08. The van der Waals surface area contributed by atoms with E-state index in [-0.39, 0.29) is 12.1 Å². The first kappa shape index (κ1) is 18.0. The Hall–Kier alpha value is -2.83. The van der Waals surface area contributed by atoms with Crippen LogP contribution in [0, 0.1) is 0 Å². The maximum atomic E-state index is 13.0. The molecule has 0 amide bonds. The number of carboxylic acids is 1. The molecule has 0 saturated heterocycles. The molecule has 3 nitrogen and oxygen atoms in total. The number of alkyl halides is 4. The number of carboxylic acid groups (broad SMARTS) is 1. The quantitative estimate of drug-likeness (QED) is 0.652. The second-order valence-corrected chi connectivity index (χ2v) is 5.93. The first-order valence-electron chi connectivity index (χ1n) is 7.87. The van der Waals surface area contributed by atoms with Crippen molar-refractivity contribution in [1.29, 1.82) is 0 Å². The molecular weight excluding hydrogens is 350 g/mol. The monoisotopic (exact) mass is 365 g/mol. The number of aromatic nitrogens is 1. The summed E-state index contributed by atoms with van der Waals surface area (Å²) in [6.45, 7) is -0.518. The second kappa shape index (κ2) is 6.82. The van der Waals surface area contributed by atoms with Crippen molar-refractivity contribution in [2.45, 2.75) is 19.1 Å². The fourth-order valence-corrected chi connectivity index (χ4v) is 2.98. The van der Waals surface area contributed by atoms with E-state index in [9.17, 15) is 22.4 Å². The Kier molecular flexibility index (Phi) is 4.71. The van der Waals surface area contributed by atoms with Crippen LogP contribution >= 0.6 is 0 Å². The molecule has 0 fully saturated rings. The van der Waals surface area contributed by atoms with Gasteiger partial charge in [-0.15, -0.1) is 0 Å². The third-order valence-electron chi connectivity index (χ3n) is 4.21. The number of fused-ring (bicyclic) bond motifs is 1. The Bertz CT molecular complexity index is 943. The van der Waals surface area contributed by atoms with Crippen LogP contribution in [0.25, 0.3) is 10.9 Å². The van der Waals surface area contributed by atoms with Gasteiger partial charge in [-0.3, -0.25) is 0 Å². The van der Waals surface area contributed by atoms with Gasteiger partial charge in [-0.05, 0) is 42.0 Å². The highest BCUT2D eigenvalue weighted by Crippen LogP contribution is 2.30. The zero-order valence-electron chi connectivity index (χ0n) is 13.6. The van der Waals surface area contributed by atoms with Gasteiger partial charge in [-0.1, -0.05) is 12.1 Å². The summed E-state index contributed by atoms with van der Waals surface area (Å²) >= 11 is 0. The minimum atomic E-state index is -4.39. The number of aryl methyl sites for hydroxylation is 1. The van der Waals surface area contributed by atoms with Gasteiger partial charge in [0.15, 0.2) is 0 Å². The molecule has 0 aliphatic rings. The molecule has 0 saturated carbocycles. The van der Waals surface area contributed by atoms with Crippen LogP contribution in [-0.2, 0) is 19.1 Å². The van der Waals surface area contributed by atoms with Crippen molar-refractivity contribution in [2.24, 2.45) is 0 Å². The van der Waals surface area contributed by atoms with Gasteiger partial charge < -0.3 is 9.67 Å². The van der Waals surface area contributed by atoms with E-state index in [1.165, 1.54) is 24.3 Å². The summed E-state index contributed by atoms with van der Waals surface area (Å²) in [5.74, 6) is -1.06. The molecule has 3 rings (SSSR count). The van der Waals surface area contributed by atoms with Gasteiger partial charge in [0.25, 0.3) is 0 Å². The van der Waals surface area contributed by atoms with Crippen molar-refractivity contribution in [3.63, 3.8) is 0 Å². The average molecular weight is 365 g/mol. The van der Waals surface area contributed by atoms with Crippen LogP contribution in [0.2, 0.25) is 0 Å². The summed E-state index contributed by atoms with van der Waals surface area (Å²) in [5.41, 5.74) is 1.45. The van der Waals surface area contributed by atoms with E-state index >= 15 is 0 Å². The Morgan fingerprint density at radius 3 is 2.31 bits per heavy atom. The molecule has 0 atom stereocenters. The number of nitrogens with zero attached hydrogens (tertiary/aromatic N) is 1. The first-order chi connectivity index (χ1) is 12.3. The van der Waals surface area contributed by atoms with Gasteiger partial charge in [0.05, 0.1) is 17.7 Å². The van der Waals surface area contributed by atoms with Gasteiger partial charge in [0.1, 0.15) is 6.67 Å². The van der Waals surface area contributed by atoms with Crippen molar-refractivity contribution >= 4 is 16.9 Å². The van der Waals surface area contributed by atoms with Crippen LogP contribution in [0.5, 0.6) is 0 Å². The molecule has 0 bridgehead atoms. The summed E-state index contributed by atoms with van der Waals surface area (Å²) in [7, 11) is 0. The predicted molar refractivity (Wildman–Crippen MR) is 89.1 cm³/mol. The molecule has 0 aliphatic heterocycles. The predicted octanol–water partition coefficient (Wildman–Crippen LogP) is 4.92. The molecule has 0 spiro atoms. The summed E-state index contributed by atoms with van der Waals surface area (Å²) in [4.78, 5) is 11.1. The smallest absolute Gasteiger partial charge is 0.416 e. The van der Waals surface area contributed by atoms with Gasteiger partial charge in [0.2, 0.25) is 0 Å². The van der Waals surface area contributed by atoms with E-state index in [4.69, 9.17) is 5.11 Å². The number of hydrogen-bond acceptors (Lipinski definition) is 1. The number of benzene rings is 2. The summed E-state index contributed by atoms with van der Waals surface area (Å²) in [6, 6.07) is 11.1. The van der Waals surface area contributed by atoms with Crippen LogP contribution < -0.4 is 0 Å². The third-order valence-corrected chi connectivity index (χ3v) is 4.21. The average Bonchev–Trinajstić information content (AvgIpc) is 2.91. The fraction of sp³-hybridized carbons (Fsp3) is 0.211. The largest absolute Gasteiger partial charge is 0.478 e. The normalized spacial score (nSPS) is 11.8. The Balaban J connectivity index is 1.98. The highest BCUT2D eigenvalue weighted by Gasteiger charge is 2.29. The van der Waals surface area contributed by atoms with Crippen LogP contribution in [0.3, 0.4) is 0 Å². The molecule has 0 radical (unpaired) electrons. The zero-order valence-corrected chi connectivity index (χ0v) is 13.6. The maximum absolute atomic E-state index is 13.0. The minimum absolute atomic E-state index is 0.0892. The van der Waals surface area contributed by atoms with Crippen molar-refractivity contribution in [2.75, 3.05) is 6.67 Å². The van der Waals surface area contributed by atoms with E-state index in [0.717, 1.165) is 12.1 Å². The molecule has 1 N–H and O–H groups in total. The maximum Gasteiger partial charge on any atom is 0.416 e. The van der Waals surface area contributed by atoms with Crippen molar-refractivity contribution < 1.29 is 27.5 Å². The Morgan fingerprint density at radius 1 is 1.04 bits per heavy atom.